The van der Waals surface area contributed by atoms with Gasteiger partial charge in [-0.25, -0.2) is 0 Å². The number of hydrogen-bond acceptors (Lipinski definition) is 3. The van der Waals surface area contributed by atoms with Crippen molar-refractivity contribution in [3.63, 3.8) is 0 Å². The van der Waals surface area contributed by atoms with Crippen molar-refractivity contribution in [1.82, 2.24) is 0 Å². The van der Waals surface area contributed by atoms with Crippen LogP contribution in [0.5, 0.6) is 0 Å². The molecule has 0 aromatic heterocycles. The lowest BCUT2D eigenvalue weighted by atomic mass is 9.48. The first-order chi connectivity index (χ1) is 10.5. The lowest BCUT2D eigenvalue weighted by molar-refractivity contribution is -0.197. The standard InChI is InChI=1S/C19H24O3/c1-13-2-4-14(5-3-13)11-22-17(20)18-7-15-6-16(8-18)10-19(21,9-15)12-18/h2-5,15-16,21H,6-12H2,1H3/t15-,16+,18?,19?. The average Bonchev–Trinajstić information content (AvgIpc) is 2.43. The maximum absolute atomic E-state index is 12.7. The SMILES string of the molecule is Cc1ccc(COC(=O)C23C[C@@H]4C[C@@H](CC(O)(C4)C2)C3)cc1. The largest absolute Gasteiger partial charge is 0.460 e. The fraction of sp³-hybridized carbons (Fsp3) is 0.632. The van der Waals surface area contributed by atoms with Crippen LogP contribution in [0.15, 0.2) is 24.3 Å². The van der Waals surface area contributed by atoms with Gasteiger partial charge < -0.3 is 9.84 Å². The Morgan fingerprint density at radius 2 is 1.82 bits per heavy atom. The van der Waals surface area contributed by atoms with Crippen LogP contribution in [0.3, 0.4) is 0 Å². The molecule has 1 aromatic rings. The number of ether oxygens (including phenoxy) is 1. The van der Waals surface area contributed by atoms with Crippen molar-refractivity contribution >= 4 is 5.97 Å². The van der Waals surface area contributed by atoms with Gasteiger partial charge in [0.2, 0.25) is 0 Å². The van der Waals surface area contributed by atoms with Gasteiger partial charge in [-0.3, -0.25) is 4.79 Å². The molecule has 4 bridgehead atoms. The second-order valence-corrected chi connectivity index (χ2v) is 8.03. The van der Waals surface area contributed by atoms with Gasteiger partial charge in [-0.1, -0.05) is 29.8 Å². The van der Waals surface area contributed by atoms with Crippen molar-refractivity contribution < 1.29 is 14.6 Å². The molecule has 5 rings (SSSR count). The van der Waals surface area contributed by atoms with E-state index < -0.39 is 11.0 Å². The van der Waals surface area contributed by atoms with Crippen LogP contribution in [0.25, 0.3) is 0 Å². The van der Waals surface area contributed by atoms with E-state index in [-0.39, 0.29) is 5.97 Å². The molecule has 0 spiro atoms. The molecule has 4 aliphatic rings. The lowest BCUT2D eigenvalue weighted by Gasteiger charge is -2.58. The van der Waals surface area contributed by atoms with Gasteiger partial charge in [0.05, 0.1) is 11.0 Å². The van der Waals surface area contributed by atoms with Gasteiger partial charge in [0.1, 0.15) is 6.61 Å². The molecule has 4 fully saturated rings. The quantitative estimate of drug-likeness (QED) is 0.871. The summed E-state index contributed by atoms with van der Waals surface area (Å²) in [5.41, 5.74) is 1.22. The Hall–Kier alpha value is -1.35. The summed E-state index contributed by atoms with van der Waals surface area (Å²) in [6.07, 6.45) is 5.40. The molecule has 4 atom stereocenters. The Morgan fingerprint density at radius 3 is 2.41 bits per heavy atom. The minimum absolute atomic E-state index is 0.0828. The molecule has 3 nitrogen and oxygen atoms in total. The molecular formula is C19H24O3. The number of aliphatic hydroxyl groups is 1. The minimum atomic E-state index is -0.604. The van der Waals surface area contributed by atoms with E-state index in [1.165, 1.54) is 12.0 Å². The first-order valence-corrected chi connectivity index (χ1v) is 8.42. The Labute approximate surface area is 131 Å². The third-order valence-electron chi connectivity index (χ3n) is 5.95. The topological polar surface area (TPSA) is 46.5 Å². The maximum atomic E-state index is 12.7. The van der Waals surface area contributed by atoms with Crippen molar-refractivity contribution in [3.05, 3.63) is 35.4 Å². The van der Waals surface area contributed by atoms with Crippen LogP contribution in [-0.2, 0) is 16.1 Å². The van der Waals surface area contributed by atoms with Gasteiger partial charge in [0.15, 0.2) is 0 Å². The fourth-order valence-electron chi connectivity index (χ4n) is 5.44. The van der Waals surface area contributed by atoms with Gasteiger partial charge in [-0.05, 0) is 62.8 Å². The highest BCUT2D eigenvalue weighted by molar-refractivity contribution is 5.77. The van der Waals surface area contributed by atoms with Gasteiger partial charge >= 0.3 is 5.97 Å². The highest BCUT2D eigenvalue weighted by atomic mass is 16.5. The van der Waals surface area contributed by atoms with Gasteiger partial charge in [-0.2, -0.15) is 0 Å². The number of carbonyl (C=O) groups excluding carboxylic acids is 1. The number of esters is 1. The van der Waals surface area contributed by atoms with E-state index in [1.807, 2.05) is 31.2 Å². The summed E-state index contributed by atoms with van der Waals surface area (Å²) >= 11 is 0. The number of carbonyl (C=O) groups is 1. The Bertz CT molecular complexity index is 575. The van der Waals surface area contributed by atoms with Crippen molar-refractivity contribution in [1.29, 1.82) is 0 Å². The number of hydrogen-bond donors (Lipinski definition) is 1. The summed E-state index contributed by atoms with van der Waals surface area (Å²) in [4.78, 5) is 12.7. The second kappa shape index (κ2) is 4.82. The van der Waals surface area contributed by atoms with E-state index in [0.717, 1.165) is 31.2 Å². The average molecular weight is 300 g/mol. The minimum Gasteiger partial charge on any atom is -0.460 e. The molecule has 2 unspecified atom stereocenters. The predicted octanol–water partition coefficient (Wildman–Crippen LogP) is 3.37. The zero-order valence-corrected chi connectivity index (χ0v) is 13.2. The van der Waals surface area contributed by atoms with Crippen molar-refractivity contribution in [3.8, 4) is 0 Å². The van der Waals surface area contributed by atoms with Gasteiger partial charge in [-0.15, -0.1) is 0 Å². The van der Waals surface area contributed by atoms with E-state index in [9.17, 15) is 9.90 Å². The molecule has 118 valence electrons. The molecule has 1 N–H and O–H groups in total. The van der Waals surface area contributed by atoms with Gasteiger partial charge in [0.25, 0.3) is 0 Å². The summed E-state index contributed by atoms with van der Waals surface area (Å²) in [6.45, 7) is 2.39. The highest BCUT2D eigenvalue weighted by Crippen LogP contribution is 2.62. The summed E-state index contributed by atoms with van der Waals surface area (Å²) in [5.74, 6) is 0.942. The molecule has 0 radical (unpaired) electrons. The van der Waals surface area contributed by atoms with Crippen LogP contribution in [0, 0.1) is 24.2 Å². The summed E-state index contributed by atoms with van der Waals surface area (Å²) in [6, 6.07) is 8.10. The van der Waals surface area contributed by atoms with E-state index in [4.69, 9.17) is 4.74 Å². The number of benzene rings is 1. The smallest absolute Gasteiger partial charge is 0.312 e. The van der Waals surface area contributed by atoms with Crippen molar-refractivity contribution in [2.45, 2.75) is 57.7 Å². The maximum Gasteiger partial charge on any atom is 0.312 e. The zero-order valence-electron chi connectivity index (χ0n) is 13.2. The van der Waals surface area contributed by atoms with Gasteiger partial charge in [0, 0.05) is 0 Å². The monoisotopic (exact) mass is 300 g/mol. The van der Waals surface area contributed by atoms with E-state index in [1.54, 1.807) is 0 Å². The number of aryl methyl sites for hydroxylation is 1. The molecule has 4 aliphatic carbocycles. The summed E-state index contributed by atoms with van der Waals surface area (Å²) in [7, 11) is 0. The Morgan fingerprint density at radius 1 is 1.18 bits per heavy atom. The molecule has 0 aliphatic heterocycles. The molecule has 0 saturated heterocycles. The molecule has 22 heavy (non-hydrogen) atoms. The van der Waals surface area contributed by atoms with Crippen LogP contribution in [0.1, 0.15) is 49.7 Å². The van der Waals surface area contributed by atoms with E-state index in [2.05, 4.69) is 0 Å². The predicted molar refractivity (Wildman–Crippen MR) is 83.0 cm³/mol. The summed E-state index contributed by atoms with van der Waals surface area (Å²) < 4.78 is 5.65. The molecule has 1 aromatic carbocycles. The van der Waals surface area contributed by atoms with E-state index >= 15 is 0 Å². The first kappa shape index (κ1) is 14.3. The number of rotatable bonds is 3. The van der Waals surface area contributed by atoms with Crippen LogP contribution in [-0.4, -0.2) is 16.7 Å². The van der Waals surface area contributed by atoms with Crippen LogP contribution < -0.4 is 0 Å². The normalized spacial score (nSPS) is 39.0. The Balaban J connectivity index is 1.47. The zero-order chi connectivity index (χ0) is 15.4. The van der Waals surface area contributed by atoms with Crippen molar-refractivity contribution in [2.75, 3.05) is 0 Å². The molecule has 0 amide bonds. The summed E-state index contributed by atoms with van der Waals surface area (Å²) in [5, 5.41) is 10.7. The third-order valence-corrected chi connectivity index (χ3v) is 5.95. The lowest BCUT2D eigenvalue weighted by Crippen LogP contribution is -2.58. The van der Waals surface area contributed by atoms with Crippen LogP contribution >= 0.6 is 0 Å². The van der Waals surface area contributed by atoms with Crippen LogP contribution in [0.2, 0.25) is 0 Å². The van der Waals surface area contributed by atoms with Crippen molar-refractivity contribution in [2.24, 2.45) is 17.3 Å². The molecular weight excluding hydrogens is 276 g/mol. The Kier molecular flexibility index (Phi) is 3.12. The highest BCUT2D eigenvalue weighted by Gasteiger charge is 2.60. The second-order valence-electron chi connectivity index (χ2n) is 8.03. The fourth-order valence-corrected chi connectivity index (χ4v) is 5.44. The molecule has 0 heterocycles. The third kappa shape index (κ3) is 2.36. The molecule has 4 saturated carbocycles. The first-order valence-electron chi connectivity index (χ1n) is 8.42. The van der Waals surface area contributed by atoms with E-state index in [0.29, 0.717) is 24.9 Å². The molecule has 3 heteroatoms. The van der Waals surface area contributed by atoms with Crippen LogP contribution in [0.4, 0.5) is 0 Å².